The summed E-state index contributed by atoms with van der Waals surface area (Å²) in [7, 11) is 0. The molecule has 0 fully saturated rings. The zero-order chi connectivity index (χ0) is 24.4. The summed E-state index contributed by atoms with van der Waals surface area (Å²) in [6, 6.07) is 21.2. The van der Waals surface area contributed by atoms with E-state index in [4.69, 9.17) is 23.2 Å². The number of carbonyl (C=O) groups is 2. The van der Waals surface area contributed by atoms with Gasteiger partial charge in [-0.3, -0.25) is 4.79 Å². The van der Waals surface area contributed by atoms with E-state index in [2.05, 4.69) is 26.3 Å². The topological polar surface area (TPSA) is 98.1 Å². The van der Waals surface area contributed by atoms with Crippen molar-refractivity contribution in [2.45, 2.75) is 0 Å². The summed E-state index contributed by atoms with van der Waals surface area (Å²) in [4.78, 5) is 27.9. The number of nitrogens with one attached hydrogen (secondary N) is 5. The molecule has 0 radical (unpaired) electrons. The third-order valence-electron chi connectivity index (χ3n) is 5.31. The van der Waals surface area contributed by atoms with Gasteiger partial charge in [0.1, 0.15) is 0 Å². The van der Waals surface area contributed by atoms with Crippen molar-refractivity contribution in [3.63, 3.8) is 0 Å². The van der Waals surface area contributed by atoms with Crippen LogP contribution < -0.4 is 21.3 Å². The monoisotopic (exact) mass is 503 g/mol. The van der Waals surface area contributed by atoms with Gasteiger partial charge < -0.3 is 26.3 Å². The average Bonchev–Trinajstić information content (AvgIpc) is 3.44. The van der Waals surface area contributed by atoms with Crippen LogP contribution in [0, 0.1) is 0 Å². The number of H-pyrrole nitrogens is 1. The van der Waals surface area contributed by atoms with Crippen LogP contribution in [0.2, 0.25) is 10.0 Å². The van der Waals surface area contributed by atoms with Gasteiger partial charge in [-0.1, -0.05) is 35.3 Å². The van der Waals surface area contributed by atoms with Crippen molar-refractivity contribution in [3.05, 3.63) is 100 Å². The van der Waals surface area contributed by atoms with Gasteiger partial charge in [0.2, 0.25) is 0 Å². The minimum Gasteiger partial charge on any atom is -0.362 e. The third kappa shape index (κ3) is 5.16. The average molecular weight is 504 g/mol. The van der Waals surface area contributed by atoms with Crippen molar-refractivity contribution in [2.24, 2.45) is 0 Å². The highest BCUT2D eigenvalue weighted by molar-refractivity contribution is 6.42. The molecule has 35 heavy (non-hydrogen) atoms. The number of fused-ring (bicyclic) bond motifs is 1. The molecule has 0 unspecified atom stereocenters. The standard InChI is InChI=1S/C26H19Cl2N5O2/c27-22-9-7-18(13-23(22)28)32-26(35)31-17-4-1-3-16(11-17)30-19-6-8-20-21(12-15-5-2-10-29-15)25(34)33-24(20)14-19/h1-14,29-30H,(H,33,34)(H2,31,32,35)/b21-12+. The van der Waals surface area contributed by atoms with Crippen LogP contribution in [0.5, 0.6) is 0 Å². The first-order valence-corrected chi connectivity index (χ1v) is 11.4. The number of hydrogen-bond donors (Lipinski definition) is 5. The first-order valence-electron chi connectivity index (χ1n) is 10.7. The van der Waals surface area contributed by atoms with Crippen LogP contribution >= 0.6 is 23.2 Å². The first-order chi connectivity index (χ1) is 16.9. The van der Waals surface area contributed by atoms with E-state index < -0.39 is 6.03 Å². The van der Waals surface area contributed by atoms with Gasteiger partial charge in [-0.15, -0.1) is 0 Å². The molecule has 0 aliphatic carbocycles. The lowest BCUT2D eigenvalue weighted by atomic mass is 10.1. The molecule has 0 atom stereocenters. The normalized spacial score (nSPS) is 13.3. The van der Waals surface area contributed by atoms with Gasteiger partial charge in [0, 0.05) is 40.2 Å². The fourth-order valence-corrected chi connectivity index (χ4v) is 4.01. The number of halogens is 2. The predicted molar refractivity (Wildman–Crippen MR) is 143 cm³/mol. The van der Waals surface area contributed by atoms with Crippen LogP contribution in [0.15, 0.2) is 79.0 Å². The van der Waals surface area contributed by atoms with Crippen molar-refractivity contribution in [3.8, 4) is 0 Å². The van der Waals surface area contributed by atoms with Crippen molar-refractivity contribution in [1.82, 2.24) is 4.98 Å². The molecular formula is C26H19Cl2N5O2. The maximum atomic E-state index is 12.5. The van der Waals surface area contributed by atoms with E-state index >= 15 is 0 Å². The van der Waals surface area contributed by atoms with Crippen molar-refractivity contribution >= 4 is 75.2 Å². The fraction of sp³-hybridized carbons (Fsp3) is 0. The highest BCUT2D eigenvalue weighted by Gasteiger charge is 2.24. The largest absolute Gasteiger partial charge is 0.362 e. The minimum absolute atomic E-state index is 0.147. The highest BCUT2D eigenvalue weighted by atomic mass is 35.5. The van der Waals surface area contributed by atoms with Crippen molar-refractivity contribution in [2.75, 3.05) is 21.3 Å². The molecule has 1 aliphatic rings. The Morgan fingerprint density at radius 2 is 1.54 bits per heavy atom. The van der Waals surface area contributed by atoms with Crippen LogP contribution in [0.4, 0.5) is 33.2 Å². The summed E-state index contributed by atoms with van der Waals surface area (Å²) in [6.45, 7) is 0. The smallest absolute Gasteiger partial charge is 0.323 e. The van der Waals surface area contributed by atoms with Crippen molar-refractivity contribution in [1.29, 1.82) is 0 Å². The quantitative estimate of drug-likeness (QED) is 0.186. The third-order valence-corrected chi connectivity index (χ3v) is 6.05. The molecular weight excluding hydrogens is 485 g/mol. The Balaban J connectivity index is 1.27. The molecule has 0 bridgehead atoms. The van der Waals surface area contributed by atoms with Gasteiger partial charge in [0.25, 0.3) is 5.91 Å². The van der Waals surface area contributed by atoms with Gasteiger partial charge >= 0.3 is 6.03 Å². The van der Waals surface area contributed by atoms with Crippen LogP contribution in [0.3, 0.4) is 0 Å². The number of benzene rings is 3. The van der Waals surface area contributed by atoms with Crippen molar-refractivity contribution < 1.29 is 9.59 Å². The predicted octanol–water partition coefficient (Wildman–Crippen LogP) is 7.20. The number of hydrogen-bond acceptors (Lipinski definition) is 3. The Morgan fingerprint density at radius 3 is 2.31 bits per heavy atom. The molecule has 1 aromatic heterocycles. The van der Waals surface area contributed by atoms with Gasteiger partial charge in [0.05, 0.1) is 21.3 Å². The Morgan fingerprint density at radius 1 is 0.800 bits per heavy atom. The van der Waals surface area contributed by atoms with Crippen LogP contribution in [-0.4, -0.2) is 16.9 Å². The summed E-state index contributed by atoms with van der Waals surface area (Å²) in [5.41, 5.74) is 5.71. The summed E-state index contributed by atoms with van der Waals surface area (Å²) >= 11 is 11.9. The van der Waals surface area contributed by atoms with E-state index in [-0.39, 0.29) is 5.91 Å². The van der Waals surface area contributed by atoms with E-state index in [1.165, 1.54) is 0 Å². The maximum absolute atomic E-state index is 12.5. The van der Waals surface area contributed by atoms with E-state index in [0.717, 1.165) is 28.3 Å². The van der Waals surface area contributed by atoms with Crippen LogP contribution in [-0.2, 0) is 4.79 Å². The lowest BCUT2D eigenvalue weighted by molar-refractivity contribution is -0.110. The summed E-state index contributed by atoms with van der Waals surface area (Å²) in [5, 5.41) is 12.5. The molecule has 3 aromatic carbocycles. The van der Waals surface area contributed by atoms with Gasteiger partial charge in [0.15, 0.2) is 0 Å². The molecule has 3 amide bonds. The number of rotatable bonds is 5. The second-order valence-corrected chi connectivity index (χ2v) is 8.63. The lowest BCUT2D eigenvalue weighted by Gasteiger charge is -2.12. The second kappa shape index (κ2) is 9.58. The van der Waals surface area contributed by atoms with Gasteiger partial charge in [-0.25, -0.2) is 4.79 Å². The molecule has 0 saturated heterocycles. The van der Waals surface area contributed by atoms with E-state index in [1.54, 1.807) is 30.3 Å². The molecule has 5 N–H and O–H groups in total. The molecule has 0 spiro atoms. The van der Waals surface area contributed by atoms with Crippen LogP contribution in [0.1, 0.15) is 11.3 Å². The van der Waals surface area contributed by atoms with E-state index in [9.17, 15) is 9.59 Å². The fourth-order valence-electron chi connectivity index (χ4n) is 3.71. The van der Waals surface area contributed by atoms with Gasteiger partial charge in [-0.05, 0) is 66.7 Å². The Labute approximate surface area is 211 Å². The Bertz CT molecular complexity index is 1460. The number of amides is 3. The SMILES string of the molecule is O=C(Nc1cccc(Nc2ccc3c(c2)NC(=O)/C3=C/c2ccc[nH]2)c1)Nc1ccc(Cl)c(Cl)c1. The number of carbonyl (C=O) groups excluding carboxylic acids is 2. The Hall–Kier alpha value is -4.20. The summed E-state index contributed by atoms with van der Waals surface area (Å²) in [6.07, 6.45) is 3.64. The zero-order valence-electron chi connectivity index (χ0n) is 18.2. The van der Waals surface area contributed by atoms with Crippen LogP contribution in [0.25, 0.3) is 11.6 Å². The van der Waals surface area contributed by atoms with E-state index in [0.29, 0.717) is 27.0 Å². The van der Waals surface area contributed by atoms with Gasteiger partial charge in [-0.2, -0.15) is 0 Å². The highest BCUT2D eigenvalue weighted by Crippen LogP contribution is 2.35. The molecule has 9 heteroatoms. The lowest BCUT2D eigenvalue weighted by Crippen LogP contribution is -2.19. The number of aromatic amines is 1. The Kier molecular flexibility index (Phi) is 6.18. The molecule has 2 heterocycles. The first kappa shape index (κ1) is 22.6. The molecule has 4 aromatic rings. The maximum Gasteiger partial charge on any atom is 0.323 e. The molecule has 0 saturated carbocycles. The van der Waals surface area contributed by atoms with E-state index in [1.807, 2.05) is 54.7 Å². The second-order valence-electron chi connectivity index (χ2n) is 7.81. The number of anilines is 5. The molecule has 1 aliphatic heterocycles. The number of aromatic nitrogens is 1. The molecule has 7 nitrogen and oxygen atoms in total. The summed E-state index contributed by atoms with van der Waals surface area (Å²) < 4.78 is 0. The zero-order valence-corrected chi connectivity index (χ0v) is 19.7. The molecule has 5 rings (SSSR count). The molecule has 174 valence electrons. The minimum atomic E-state index is -0.415. The summed E-state index contributed by atoms with van der Waals surface area (Å²) in [5.74, 6) is -0.147. The number of urea groups is 1.